The van der Waals surface area contributed by atoms with Crippen molar-refractivity contribution >= 4 is 17.9 Å². The van der Waals surface area contributed by atoms with Crippen LogP contribution in [0, 0.1) is 0 Å². The highest BCUT2D eigenvalue weighted by atomic mass is 16.6. The van der Waals surface area contributed by atoms with Gasteiger partial charge in [0.15, 0.2) is 6.10 Å². The van der Waals surface area contributed by atoms with Gasteiger partial charge in [-0.1, -0.05) is 171 Å². The van der Waals surface area contributed by atoms with E-state index >= 15 is 0 Å². The Balaban J connectivity index is 4.39. The van der Waals surface area contributed by atoms with Gasteiger partial charge < -0.3 is 14.2 Å². The number of unbranched alkanes of at least 4 members (excludes halogenated alkanes) is 22. The minimum Gasteiger partial charge on any atom is -0.462 e. The standard InChI is InChI=1S/C51H88O6/c1-4-7-10-13-16-19-21-23-25-27-29-32-35-38-41-44-50(53)56-47-48(46-55-49(52)43-40-37-34-31-18-15-12-9-6-3)57-51(54)45-42-39-36-33-30-28-26-24-22-20-17-14-11-8-5-2/h9,12,16,18-23,31,48H,4-8,10-11,13-15,17,24-30,32-47H2,1-3H3/b12-9-,19-16-,22-20-,23-21-,31-18-. The average molecular weight is 797 g/mol. The third kappa shape index (κ3) is 44.1. The first-order valence-corrected chi connectivity index (χ1v) is 23.8. The Morgan fingerprint density at radius 2 is 0.737 bits per heavy atom. The lowest BCUT2D eigenvalue weighted by Crippen LogP contribution is -2.30. The molecule has 0 saturated heterocycles. The molecule has 0 rings (SSSR count). The molecule has 0 aliphatic heterocycles. The molecular formula is C51H88O6. The van der Waals surface area contributed by atoms with E-state index in [4.69, 9.17) is 14.2 Å². The number of rotatable bonds is 42. The van der Waals surface area contributed by atoms with Crippen LogP contribution in [-0.4, -0.2) is 37.2 Å². The summed E-state index contributed by atoms with van der Waals surface area (Å²) in [5, 5.41) is 0. The summed E-state index contributed by atoms with van der Waals surface area (Å²) in [7, 11) is 0. The van der Waals surface area contributed by atoms with E-state index in [1.54, 1.807) is 0 Å². The fourth-order valence-corrected chi connectivity index (χ4v) is 6.40. The first-order chi connectivity index (χ1) is 28.0. The molecule has 0 aromatic heterocycles. The maximum absolute atomic E-state index is 12.7. The summed E-state index contributed by atoms with van der Waals surface area (Å²) in [5.41, 5.74) is 0. The first kappa shape index (κ1) is 54.1. The number of carbonyl (C=O) groups is 3. The summed E-state index contributed by atoms with van der Waals surface area (Å²) >= 11 is 0. The summed E-state index contributed by atoms with van der Waals surface area (Å²) < 4.78 is 16.7. The van der Waals surface area contributed by atoms with Crippen molar-refractivity contribution in [2.75, 3.05) is 13.2 Å². The van der Waals surface area contributed by atoms with E-state index < -0.39 is 6.10 Å². The fraction of sp³-hybridized carbons (Fsp3) is 0.745. The maximum Gasteiger partial charge on any atom is 0.306 e. The molecule has 0 saturated carbocycles. The van der Waals surface area contributed by atoms with Gasteiger partial charge in [0, 0.05) is 19.3 Å². The summed E-state index contributed by atoms with van der Waals surface area (Å²) in [6.45, 7) is 6.42. The van der Waals surface area contributed by atoms with Gasteiger partial charge in [-0.2, -0.15) is 0 Å². The molecule has 0 amide bonds. The van der Waals surface area contributed by atoms with Crippen molar-refractivity contribution in [3.8, 4) is 0 Å². The Hall–Kier alpha value is -2.89. The molecule has 0 heterocycles. The summed E-state index contributed by atoms with van der Waals surface area (Å²) in [5.74, 6) is -0.947. The third-order valence-corrected chi connectivity index (χ3v) is 10.0. The van der Waals surface area contributed by atoms with Crippen LogP contribution in [0.3, 0.4) is 0 Å². The Bertz CT molecular complexity index is 1050. The van der Waals surface area contributed by atoms with Crippen molar-refractivity contribution in [1.82, 2.24) is 0 Å². The minimum atomic E-state index is -0.791. The number of carbonyl (C=O) groups excluding carboxylic acids is 3. The van der Waals surface area contributed by atoms with Crippen LogP contribution in [0.1, 0.15) is 226 Å². The van der Waals surface area contributed by atoms with Crippen LogP contribution in [0.5, 0.6) is 0 Å². The molecule has 0 bridgehead atoms. The van der Waals surface area contributed by atoms with Crippen LogP contribution in [0.2, 0.25) is 0 Å². The largest absolute Gasteiger partial charge is 0.462 e. The molecule has 328 valence electrons. The van der Waals surface area contributed by atoms with Gasteiger partial charge in [-0.15, -0.1) is 0 Å². The smallest absolute Gasteiger partial charge is 0.306 e. The van der Waals surface area contributed by atoms with Crippen molar-refractivity contribution < 1.29 is 28.6 Å². The van der Waals surface area contributed by atoms with Crippen molar-refractivity contribution in [1.29, 1.82) is 0 Å². The second-order valence-corrected chi connectivity index (χ2v) is 15.7. The predicted octanol–water partition coefficient (Wildman–Crippen LogP) is 15.3. The summed E-state index contributed by atoms with van der Waals surface area (Å²) in [4.78, 5) is 37.7. The van der Waals surface area contributed by atoms with E-state index in [2.05, 4.69) is 81.5 Å². The number of hydrogen-bond donors (Lipinski definition) is 0. The van der Waals surface area contributed by atoms with Gasteiger partial charge in [0.2, 0.25) is 0 Å². The van der Waals surface area contributed by atoms with Gasteiger partial charge >= 0.3 is 17.9 Å². The lowest BCUT2D eigenvalue weighted by atomic mass is 10.1. The van der Waals surface area contributed by atoms with E-state index in [0.717, 1.165) is 77.0 Å². The maximum atomic E-state index is 12.7. The topological polar surface area (TPSA) is 78.9 Å². The quantitative estimate of drug-likeness (QED) is 0.0201. The number of ether oxygens (including phenoxy) is 3. The lowest BCUT2D eigenvalue weighted by molar-refractivity contribution is -0.167. The van der Waals surface area contributed by atoms with E-state index in [-0.39, 0.29) is 31.1 Å². The van der Waals surface area contributed by atoms with Gasteiger partial charge in [-0.05, 0) is 96.3 Å². The second kappa shape index (κ2) is 45.8. The fourth-order valence-electron chi connectivity index (χ4n) is 6.40. The molecular weight excluding hydrogens is 709 g/mol. The van der Waals surface area contributed by atoms with E-state index in [1.807, 2.05) is 0 Å². The summed E-state index contributed by atoms with van der Waals surface area (Å²) in [6, 6.07) is 0. The zero-order valence-corrected chi connectivity index (χ0v) is 37.3. The Morgan fingerprint density at radius 1 is 0.386 bits per heavy atom. The van der Waals surface area contributed by atoms with Gasteiger partial charge in [0.25, 0.3) is 0 Å². The lowest BCUT2D eigenvalue weighted by Gasteiger charge is -2.18. The van der Waals surface area contributed by atoms with Crippen LogP contribution in [0.4, 0.5) is 0 Å². The molecule has 0 fully saturated rings. The molecule has 0 N–H and O–H groups in total. The molecule has 0 radical (unpaired) electrons. The highest BCUT2D eigenvalue weighted by Gasteiger charge is 2.19. The molecule has 0 aromatic carbocycles. The molecule has 1 atom stereocenters. The van der Waals surface area contributed by atoms with Crippen LogP contribution >= 0.6 is 0 Å². The predicted molar refractivity (Wildman–Crippen MR) is 242 cm³/mol. The molecule has 0 aliphatic carbocycles. The molecule has 0 spiro atoms. The van der Waals surface area contributed by atoms with Gasteiger partial charge in [0.1, 0.15) is 13.2 Å². The van der Waals surface area contributed by atoms with Crippen LogP contribution in [0.25, 0.3) is 0 Å². The highest BCUT2D eigenvalue weighted by Crippen LogP contribution is 2.13. The average Bonchev–Trinajstić information content (AvgIpc) is 3.21. The Morgan fingerprint density at radius 3 is 1.25 bits per heavy atom. The zero-order valence-electron chi connectivity index (χ0n) is 37.3. The van der Waals surface area contributed by atoms with E-state index in [0.29, 0.717) is 19.3 Å². The van der Waals surface area contributed by atoms with Crippen LogP contribution in [-0.2, 0) is 28.6 Å². The normalized spacial score (nSPS) is 12.5. The van der Waals surface area contributed by atoms with Crippen molar-refractivity contribution in [2.45, 2.75) is 232 Å². The Kier molecular flexibility index (Phi) is 43.5. The summed E-state index contributed by atoms with van der Waals surface area (Å²) in [6.07, 6.45) is 54.9. The van der Waals surface area contributed by atoms with E-state index in [1.165, 1.54) is 109 Å². The van der Waals surface area contributed by atoms with Gasteiger partial charge in [0.05, 0.1) is 0 Å². The van der Waals surface area contributed by atoms with Gasteiger partial charge in [-0.3, -0.25) is 14.4 Å². The third-order valence-electron chi connectivity index (χ3n) is 10.0. The highest BCUT2D eigenvalue weighted by molar-refractivity contribution is 5.71. The SMILES string of the molecule is CC/C=C\C/C=C\CCCCC(=O)OCC(COC(=O)CCCCCCCC/C=C\C=C/CCCCC)OC(=O)CCCCCCCCC/C=C\CCCCCC. The van der Waals surface area contributed by atoms with Crippen molar-refractivity contribution in [3.63, 3.8) is 0 Å². The molecule has 1 unspecified atom stereocenters. The minimum absolute atomic E-state index is 0.0926. The second-order valence-electron chi connectivity index (χ2n) is 15.7. The van der Waals surface area contributed by atoms with Crippen molar-refractivity contribution in [2.24, 2.45) is 0 Å². The van der Waals surface area contributed by atoms with Gasteiger partial charge in [-0.25, -0.2) is 0 Å². The number of esters is 3. The molecule has 57 heavy (non-hydrogen) atoms. The first-order valence-electron chi connectivity index (χ1n) is 23.8. The van der Waals surface area contributed by atoms with Crippen LogP contribution in [0.15, 0.2) is 60.8 Å². The van der Waals surface area contributed by atoms with Crippen molar-refractivity contribution in [3.05, 3.63) is 60.8 Å². The zero-order chi connectivity index (χ0) is 41.5. The number of allylic oxidation sites excluding steroid dienone is 10. The van der Waals surface area contributed by atoms with E-state index in [9.17, 15) is 14.4 Å². The number of hydrogen-bond acceptors (Lipinski definition) is 6. The molecule has 6 nitrogen and oxygen atoms in total. The molecule has 0 aliphatic rings. The Labute approximate surface area is 351 Å². The molecule has 6 heteroatoms. The monoisotopic (exact) mass is 797 g/mol. The molecule has 0 aromatic rings. The van der Waals surface area contributed by atoms with Crippen LogP contribution < -0.4 is 0 Å².